The van der Waals surface area contributed by atoms with E-state index in [1.54, 1.807) is 25.0 Å². The molecular weight excluding hydrogens is 268 g/mol. The van der Waals surface area contributed by atoms with Gasteiger partial charge in [0.15, 0.2) is 6.04 Å². The molecule has 1 aliphatic heterocycles. The molecule has 2 aromatic rings. The van der Waals surface area contributed by atoms with Crippen molar-refractivity contribution in [3.8, 4) is 0 Å². The Morgan fingerprint density at radius 2 is 2.00 bits per heavy atom. The first-order valence-electron chi connectivity index (χ1n) is 7.04. The molecule has 1 aliphatic rings. The fraction of sp³-hybridized carbons (Fsp3) is 0.429. The summed E-state index contributed by atoms with van der Waals surface area (Å²) in [6.07, 6.45) is 6.68. The maximum absolute atomic E-state index is 5.89. The molecule has 0 aliphatic carbocycles. The summed E-state index contributed by atoms with van der Waals surface area (Å²) >= 11 is 0. The van der Waals surface area contributed by atoms with Crippen molar-refractivity contribution in [2.24, 2.45) is 5.73 Å². The molecular formula is C14H19N6O+. The Balaban J connectivity index is 2.07. The largest absolute Gasteiger partial charge is 0.369 e. The molecule has 2 aromatic heterocycles. The van der Waals surface area contributed by atoms with Gasteiger partial charge in [-0.1, -0.05) is 0 Å². The van der Waals surface area contributed by atoms with Gasteiger partial charge in [0, 0.05) is 25.0 Å². The molecule has 7 nitrogen and oxygen atoms in total. The highest BCUT2D eigenvalue weighted by Crippen LogP contribution is 2.35. The van der Waals surface area contributed by atoms with Gasteiger partial charge in [0.1, 0.15) is 31.5 Å². The molecule has 2 unspecified atom stereocenters. The molecule has 0 bridgehead atoms. The molecule has 7 heteroatoms. The number of hydrogen-bond acceptors (Lipinski definition) is 6. The van der Waals surface area contributed by atoms with Crippen molar-refractivity contribution in [2.45, 2.75) is 6.04 Å². The van der Waals surface area contributed by atoms with Crippen LogP contribution in [0.4, 0.5) is 5.82 Å². The van der Waals surface area contributed by atoms with E-state index in [-0.39, 0.29) is 6.04 Å². The average molecular weight is 287 g/mol. The summed E-state index contributed by atoms with van der Waals surface area (Å²) in [7, 11) is 0. The van der Waals surface area contributed by atoms with Crippen molar-refractivity contribution in [3.05, 3.63) is 42.9 Å². The van der Waals surface area contributed by atoms with Crippen LogP contribution in [0.15, 0.2) is 37.2 Å². The molecule has 0 saturated carbocycles. The Morgan fingerprint density at radius 1 is 1.19 bits per heavy atom. The predicted molar refractivity (Wildman–Crippen MR) is 78.2 cm³/mol. The molecule has 0 amide bonds. The van der Waals surface area contributed by atoms with E-state index in [0.717, 1.165) is 24.6 Å². The zero-order chi connectivity index (χ0) is 14.5. The number of morpholine rings is 1. The van der Waals surface area contributed by atoms with Gasteiger partial charge in [0.05, 0.1) is 13.2 Å². The maximum atomic E-state index is 5.89. The van der Waals surface area contributed by atoms with Gasteiger partial charge in [0.25, 0.3) is 0 Å². The highest BCUT2D eigenvalue weighted by molar-refractivity contribution is 5.36. The van der Waals surface area contributed by atoms with Gasteiger partial charge in [-0.05, 0) is 6.07 Å². The first-order chi connectivity index (χ1) is 10.4. The van der Waals surface area contributed by atoms with E-state index in [1.165, 1.54) is 0 Å². The summed E-state index contributed by atoms with van der Waals surface area (Å²) in [5, 5.41) is 0. The van der Waals surface area contributed by atoms with E-state index in [2.05, 4.69) is 19.9 Å². The van der Waals surface area contributed by atoms with E-state index in [9.17, 15) is 0 Å². The summed E-state index contributed by atoms with van der Waals surface area (Å²) in [5.74, 6) is 0.961. The number of hydrogen-bond donors (Lipinski definition) is 1. The second-order valence-corrected chi connectivity index (χ2v) is 5.06. The number of nitrogens with two attached hydrogens (primary N) is 1. The van der Waals surface area contributed by atoms with Crippen LogP contribution in [0.3, 0.4) is 0 Å². The molecule has 0 aromatic carbocycles. The number of rotatable bonds is 4. The van der Waals surface area contributed by atoms with Gasteiger partial charge in [-0.25, -0.2) is 15.0 Å². The Kier molecular flexibility index (Phi) is 4.14. The molecule has 3 heterocycles. The molecule has 0 radical (unpaired) electrons. The molecule has 2 atom stereocenters. The van der Waals surface area contributed by atoms with Crippen molar-refractivity contribution in [3.63, 3.8) is 0 Å². The minimum Gasteiger partial charge on any atom is -0.369 e. The minimum atomic E-state index is 0.0696. The lowest BCUT2D eigenvalue weighted by molar-refractivity contribution is -0.00627. The van der Waals surface area contributed by atoms with Crippen molar-refractivity contribution >= 4 is 5.82 Å². The second-order valence-electron chi connectivity index (χ2n) is 5.06. The maximum Gasteiger partial charge on any atom is 0.231 e. The first-order valence-corrected chi connectivity index (χ1v) is 7.04. The summed E-state index contributed by atoms with van der Waals surface area (Å²) in [6.45, 7) is 3.47. The fourth-order valence-corrected chi connectivity index (χ4v) is 2.99. The molecule has 0 spiro atoms. The number of aromatic nitrogens is 4. The van der Waals surface area contributed by atoms with E-state index >= 15 is 0 Å². The Morgan fingerprint density at radius 3 is 2.67 bits per heavy atom. The van der Waals surface area contributed by atoms with Crippen LogP contribution in [0.1, 0.15) is 11.7 Å². The third kappa shape index (κ3) is 2.63. The molecule has 3 rings (SSSR count). The predicted octanol–water partition coefficient (Wildman–Crippen LogP) is 0.304. The van der Waals surface area contributed by atoms with Gasteiger partial charge < -0.3 is 10.5 Å². The van der Waals surface area contributed by atoms with E-state index in [4.69, 9.17) is 10.5 Å². The number of nitrogens with zero attached hydrogens (tertiary/aromatic N) is 5. The highest BCUT2D eigenvalue weighted by Gasteiger charge is 2.44. The third-order valence-corrected chi connectivity index (χ3v) is 4.00. The SMILES string of the molecule is NCC[N+]1(c2ccncn2)CCOCC1c1ccncn1. The minimum absolute atomic E-state index is 0.0696. The molecule has 21 heavy (non-hydrogen) atoms. The normalized spacial score (nSPS) is 25.7. The number of quaternary nitrogens is 1. The summed E-state index contributed by atoms with van der Waals surface area (Å²) in [4.78, 5) is 16.9. The second kappa shape index (κ2) is 6.21. The van der Waals surface area contributed by atoms with Crippen LogP contribution < -0.4 is 10.2 Å². The Bertz CT molecular complexity index is 562. The van der Waals surface area contributed by atoms with Crippen LogP contribution >= 0.6 is 0 Å². The first kappa shape index (κ1) is 14.0. The van der Waals surface area contributed by atoms with E-state index in [1.807, 2.05) is 12.1 Å². The summed E-state index contributed by atoms with van der Waals surface area (Å²) < 4.78 is 6.35. The van der Waals surface area contributed by atoms with Crippen molar-refractivity contribution in [2.75, 3.05) is 32.8 Å². The molecule has 1 fully saturated rings. The summed E-state index contributed by atoms with van der Waals surface area (Å²) in [5.41, 5.74) is 6.84. The van der Waals surface area contributed by atoms with Crippen LogP contribution in [-0.4, -0.2) is 52.8 Å². The van der Waals surface area contributed by atoms with Gasteiger partial charge in [-0.3, -0.25) is 4.48 Å². The topological polar surface area (TPSA) is 86.8 Å². The van der Waals surface area contributed by atoms with Crippen molar-refractivity contribution in [1.82, 2.24) is 24.4 Å². The Hall–Kier alpha value is -1.96. The molecule has 110 valence electrons. The zero-order valence-electron chi connectivity index (χ0n) is 11.8. The van der Waals surface area contributed by atoms with Gasteiger partial charge >= 0.3 is 0 Å². The monoisotopic (exact) mass is 287 g/mol. The Labute approximate surface area is 123 Å². The van der Waals surface area contributed by atoms with Gasteiger partial charge in [-0.2, -0.15) is 4.98 Å². The van der Waals surface area contributed by atoms with E-state index < -0.39 is 0 Å². The lowest BCUT2D eigenvalue weighted by atomic mass is 10.1. The number of ether oxygens (including phenoxy) is 1. The zero-order valence-corrected chi connectivity index (χ0v) is 11.8. The smallest absolute Gasteiger partial charge is 0.231 e. The summed E-state index contributed by atoms with van der Waals surface area (Å²) in [6, 6.07) is 3.96. The highest BCUT2D eigenvalue weighted by atomic mass is 16.5. The molecule has 1 saturated heterocycles. The third-order valence-electron chi connectivity index (χ3n) is 4.00. The van der Waals surface area contributed by atoms with Gasteiger partial charge in [-0.15, -0.1) is 0 Å². The standard InChI is InChI=1S/C14H19N6O/c15-3-6-20(14-2-5-17-11-19-14)7-8-21-9-13(20)12-1-4-16-10-18-12/h1-2,4-5,10-11,13H,3,6-9,15H2/q+1. The lowest BCUT2D eigenvalue weighted by Gasteiger charge is -2.45. The van der Waals surface area contributed by atoms with E-state index in [0.29, 0.717) is 24.2 Å². The molecule has 2 N–H and O–H groups in total. The fourth-order valence-electron chi connectivity index (χ4n) is 2.99. The quantitative estimate of drug-likeness (QED) is 0.814. The van der Waals surface area contributed by atoms with Crippen LogP contribution in [0, 0.1) is 0 Å². The van der Waals surface area contributed by atoms with Gasteiger partial charge in [0.2, 0.25) is 5.82 Å². The van der Waals surface area contributed by atoms with Crippen LogP contribution in [0.2, 0.25) is 0 Å². The van der Waals surface area contributed by atoms with Crippen LogP contribution in [-0.2, 0) is 4.74 Å². The van der Waals surface area contributed by atoms with Crippen molar-refractivity contribution < 1.29 is 4.74 Å². The van der Waals surface area contributed by atoms with Crippen LogP contribution in [0.25, 0.3) is 0 Å². The van der Waals surface area contributed by atoms with Crippen LogP contribution in [0.5, 0.6) is 0 Å². The lowest BCUT2D eigenvalue weighted by Crippen LogP contribution is -2.60. The average Bonchev–Trinajstić information content (AvgIpc) is 2.57. The van der Waals surface area contributed by atoms with Crippen molar-refractivity contribution in [1.29, 1.82) is 0 Å².